The van der Waals surface area contributed by atoms with Crippen LogP contribution in [0.2, 0.25) is 0 Å². The van der Waals surface area contributed by atoms with E-state index in [1.54, 1.807) is 25.4 Å². The summed E-state index contributed by atoms with van der Waals surface area (Å²) in [5, 5.41) is 7.32. The first kappa shape index (κ1) is 15.5. The first-order valence-corrected chi connectivity index (χ1v) is 8.01. The molecule has 1 aliphatic rings. The number of hydrogen-bond donors (Lipinski definition) is 1. The van der Waals surface area contributed by atoms with E-state index < -0.39 is 6.10 Å². The highest BCUT2D eigenvalue weighted by molar-refractivity contribution is 5.81. The van der Waals surface area contributed by atoms with Crippen molar-refractivity contribution >= 4 is 5.91 Å². The van der Waals surface area contributed by atoms with Crippen LogP contribution in [0.5, 0.6) is 5.75 Å². The molecule has 122 valence electrons. The lowest BCUT2D eigenvalue weighted by atomic mass is 9.94. The average molecular weight is 314 g/mol. The fourth-order valence-corrected chi connectivity index (χ4v) is 3.00. The molecule has 6 nitrogen and oxygen atoms in total. The molecule has 0 spiro atoms. The molecule has 2 aromatic rings. The van der Waals surface area contributed by atoms with Gasteiger partial charge in [-0.2, -0.15) is 5.10 Å². The molecule has 0 radical (unpaired) electrons. The highest BCUT2D eigenvalue weighted by Gasteiger charge is 2.29. The number of nitrogens with one attached hydrogen (secondary N) is 1. The van der Waals surface area contributed by atoms with E-state index in [-0.39, 0.29) is 5.91 Å². The van der Waals surface area contributed by atoms with E-state index >= 15 is 0 Å². The molecule has 1 N–H and O–H groups in total. The van der Waals surface area contributed by atoms with Crippen LogP contribution in [0.1, 0.15) is 37.1 Å². The van der Waals surface area contributed by atoms with Crippen molar-refractivity contribution < 1.29 is 9.53 Å². The number of hydrogen-bond acceptors (Lipinski definition) is 4. The number of aromatic amines is 1. The summed E-state index contributed by atoms with van der Waals surface area (Å²) in [5.74, 6) is 0.930. The predicted molar refractivity (Wildman–Crippen MR) is 86.2 cm³/mol. The SMILES string of the molecule is Cc1cc([C@H]2CCCN(C(=O)[C@@H](C)Oc3cccnc3)C2)n[nH]1. The number of aryl methyl sites for hydroxylation is 1. The molecular weight excluding hydrogens is 292 g/mol. The normalized spacial score (nSPS) is 19.4. The van der Waals surface area contributed by atoms with Crippen molar-refractivity contribution in [3.8, 4) is 5.75 Å². The van der Waals surface area contributed by atoms with Crippen LogP contribution in [-0.2, 0) is 4.79 Å². The summed E-state index contributed by atoms with van der Waals surface area (Å²) in [6.45, 7) is 5.26. The van der Waals surface area contributed by atoms with Crippen LogP contribution in [0, 0.1) is 6.92 Å². The Labute approximate surface area is 135 Å². The van der Waals surface area contributed by atoms with Crippen LogP contribution < -0.4 is 4.74 Å². The zero-order chi connectivity index (χ0) is 16.2. The van der Waals surface area contributed by atoms with E-state index in [9.17, 15) is 4.79 Å². The second-order valence-electron chi connectivity index (χ2n) is 6.05. The number of carbonyl (C=O) groups excluding carboxylic acids is 1. The predicted octanol–water partition coefficient (Wildman–Crippen LogP) is 2.29. The van der Waals surface area contributed by atoms with Gasteiger partial charge in [-0.25, -0.2) is 0 Å². The van der Waals surface area contributed by atoms with Crippen molar-refractivity contribution in [3.05, 3.63) is 42.0 Å². The molecule has 23 heavy (non-hydrogen) atoms. The van der Waals surface area contributed by atoms with Gasteiger partial charge in [0, 0.05) is 30.9 Å². The van der Waals surface area contributed by atoms with Crippen molar-refractivity contribution in [1.29, 1.82) is 0 Å². The maximum Gasteiger partial charge on any atom is 0.263 e. The fourth-order valence-electron chi connectivity index (χ4n) is 3.00. The molecule has 1 saturated heterocycles. The lowest BCUT2D eigenvalue weighted by molar-refractivity contribution is -0.139. The van der Waals surface area contributed by atoms with Gasteiger partial charge < -0.3 is 9.64 Å². The highest BCUT2D eigenvalue weighted by Crippen LogP contribution is 2.26. The summed E-state index contributed by atoms with van der Waals surface area (Å²) in [6.07, 6.45) is 4.84. The van der Waals surface area contributed by atoms with Gasteiger partial charge in [-0.1, -0.05) is 0 Å². The van der Waals surface area contributed by atoms with E-state index in [0.29, 0.717) is 18.2 Å². The summed E-state index contributed by atoms with van der Waals surface area (Å²) < 4.78 is 5.70. The number of amides is 1. The molecular formula is C17H22N4O2. The third-order valence-electron chi connectivity index (χ3n) is 4.17. The summed E-state index contributed by atoms with van der Waals surface area (Å²) >= 11 is 0. The number of piperidine rings is 1. The van der Waals surface area contributed by atoms with Crippen LogP contribution in [0.25, 0.3) is 0 Å². The Hall–Kier alpha value is -2.37. The molecule has 1 aliphatic heterocycles. The third kappa shape index (κ3) is 3.70. The zero-order valence-electron chi connectivity index (χ0n) is 13.5. The van der Waals surface area contributed by atoms with E-state index in [1.807, 2.05) is 17.9 Å². The number of carbonyl (C=O) groups is 1. The van der Waals surface area contributed by atoms with Gasteiger partial charge >= 0.3 is 0 Å². The molecule has 0 saturated carbocycles. The van der Waals surface area contributed by atoms with Gasteiger partial charge in [-0.05, 0) is 44.9 Å². The number of likely N-dealkylation sites (tertiary alicyclic amines) is 1. The minimum absolute atomic E-state index is 0.0193. The maximum atomic E-state index is 12.6. The summed E-state index contributed by atoms with van der Waals surface area (Å²) in [6, 6.07) is 5.67. The summed E-state index contributed by atoms with van der Waals surface area (Å²) in [5.41, 5.74) is 2.09. The molecule has 0 aromatic carbocycles. The Morgan fingerprint density at radius 3 is 3.09 bits per heavy atom. The Morgan fingerprint density at radius 1 is 1.52 bits per heavy atom. The van der Waals surface area contributed by atoms with Gasteiger partial charge in [0.05, 0.1) is 11.9 Å². The first-order chi connectivity index (χ1) is 11.1. The lowest BCUT2D eigenvalue weighted by Gasteiger charge is -2.33. The van der Waals surface area contributed by atoms with E-state index in [2.05, 4.69) is 21.2 Å². The first-order valence-electron chi connectivity index (χ1n) is 8.01. The molecule has 1 fully saturated rings. The van der Waals surface area contributed by atoms with Crippen LogP contribution in [0.15, 0.2) is 30.6 Å². The largest absolute Gasteiger partial charge is 0.479 e. The molecule has 3 rings (SSSR count). The van der Waals surface area contributed by atoms with Gasteiger partial charge in [0.1, 0.15) is 5.75 Å². The van der Waals surface area contributed by atoms with E-state index in [4.69, 9.17) is 4.74 Å². The number of rotatable bonds is 4. The smallest absolute Gasteiger partial charge is 0.263 e. The topological polar surface area (TPSA) is 71.1 Å². The Bertz CT molecular complexity index is 656. The van der Waals surface area contributed by atoms with Crippen LogP contribution >= 0.6 is 0 Å². The standard InChI is InChI=1S/C17H22N4O2/c1-12-9-16(20-19-12)14-5-4-8-21(11-14)17(22)13(2)23-15-6-3-7-18-10-15/h3,6-7,9-10,13-14H,4-5,8,11H2,1-2H3,(H,19,20)/t13-,14+/m1/s1. The molecule has 3 heterocycles. The summed E-state index contributed by atoms with van der Waals surface area (Å²) in [4.78, 5) is 18.5. The fraction of sp³-hybridized carbons (Fsp3) is 0.471. The van der Waals surface area contributed by atoms with Crippen LogP contribution in [0.3, 0.4) is 0 Å². The highest BCUT2D eigenvalue weighted by atomic mass is 16.5. The monoisotopic (exact) mass is 314 g/mol. The Balaban J connectivity index is 1.62. The average Bonchev–Trinajstić information content (AvgIpc) is 3.02. The number of ether oxygens (including phenoxy) is 1. The van der Waals surface area contributed by atoms with Gasteiger partial charge in [-0.3, -0.25) is 14.9 Å². The van der Waals surface area contributed by atoms with Crippen molar-refractivity contribution in [1.82, 2.24) is 20.1 Å². The molecule has 0 unspecified atom stereocenters. The van der Waals surface area contributed by atoms with Crippen molar-refractivity contribution in [2.45, 2.75) is 38.7 Å². The van der Waals surface area contributed by atoms with Crippen LogP contribution in [-0.4, -0.2) is 45.2 Å². The molecule has 6 heteroatoms. The van der Waals surface area contributed by atoms with Crippen molar-refractivity contribution in [2.75, 3.05) is 13.1 Å². The second-order valence-corrected chi connectivity index (χ2v) is 6.05. The van der Waals surface area contributed by atoms with Gasteiger partial charge in [0.25, 0.3) is 5.91 Å². The quantitative estimate of drug-likeness (QED) is 0.940. The number of aromatic nitrogens is 3. The molecule has 2 aromatic heterocycles. The maximum absolute atomic E-state index is 12.6. The van der Waals surface area contributed by atoms with Gasteiger partial charge in [0.15, 0.2) is 6.10 Å². The number of H-pyrrole nitrogens is 1. The van der Waals surface area contributed by atoms with Crippen molar-refractivity contribution in [3.63, 3.8) is 0 Å². The lowest BCUT2D eigenvalue weighted by Crippen LogP contribution is -2.45. The van der Waals surface area contributed by atoms with Crippen LogP contribution in [0.4, 0.5) is 0 Å². The van der Waals surface area contributed by atoms with Gasteiger partial charge in [0.2, 0.25) is 0 Å². The van der Waals surface area contributed by atoms with E-state index in [0.717, 1.165) is 30.8 Å². The summed E-state index contributed by atoms with van der Waals surface area (Å²) in [7, 11) is 0. The minimum Gasteiger partial charge on any atom is -0.479 e. The molecule has 2 atom stereocenters. The Morgan fingerprint density at radius 2 is 2.39 bits per heavy atom. The Kier molecular flexibility index (Phi) is 4.60. The van der Waals surface area contributed by atoms with Gasteiger partial charge in [-0.15, -0.1) is 0 Å². The zero-order valence-corrected chi connectivity index (χ0v) is 13.5. The number of pyridine rings is 1. The van der Waals surface area contributed by atoms with Crippen molar-refractivity contribution in [2.24, 2.45) is 0 Å². The molecule has 0 bridgehead atoms. The second kappa shape index (κ2) is 6.81. The molecule has 0 aliphatic carbocycles. The minimum atomic E-state index is -0.515. The number of nitrogens with zero attached hydrogens (tertiary/aromatic N) is 3. The van der Waals surface area contributed by atoms with E-state index in [1.165, 1.54) is 0 Å². The third-order valence-corrected chi connectivity index (χ3v) is 4.17. The molecule has 1 amide bonds.